The number of benzene rings is 3. The molecule has 3 aromatic carbocycles. The van der Waals surface area contributed by atoms with Crippen molar-refractivity contribution < 1.29 is 27.5 Å². The molecule has 10 heteroatoms. The molecule has 0 aromatic heterocycles. The van der Waals surface area contributed by atoms with Gasteiger partial charge in [-0.3, -0.25) is 13.9 Å². The number of amides is 2. The molecule has 0 bridgehead atoms. The summed E-state index contributed by atoms with van der Waals surface area (Å²) >= 11 is 0. The summed E-state index contributed by atoms with van der Waals surface area (Å²) in [6, 6.07) is 17.9. The van der Waals surface area contributed by atoms with Crippen LogP contribution in [0.1, 0.15) is 43.9 Å². The average molecular weight is 596 g/mol. The predicted molar refractivity (Wildman–Crippen MR) is 164 cm³/mol. The van der Waals surface area contributed by atoms with Crippen molar-refractivity contribution in [3.8, 4) is 11.5 Å². The van der Waals surface area contributed by atoms with Crippen LogP contribution in [-0.2, 0) is 26.2 Å². The minimum Gasteiger partial charge on any atom is -0.493 e. The fourth-order valence-corrected chi connectivity index (χ4v) is 5.83. The summed E-state index contributed by atoms with van der Waals surface area (Å²) in [6.45, 7) is 8.97. The van der Waals surface area contributed by atoms with Crippen LogP contribution < -0.4 is 19.1 Å². The number of carbonyl (C=O) groups excluding carboxylic acids is 2. The second-order valence-corrected chi connectivity index (χ2v) is 12.2. The summed E-state index contributed by atoms with van der Waals surface area (Å²) in [5, 5.41) is 2.94. The third-order valence-electron chi connectivity index (χ3n) is 7.15. The molecular weight excluding hydrogens is 554 g/mol. The molecule has 0 saturated carbocycles. The molecule has 0 heterocycles. The molecule has 3 rings (SSSR count). The van der Waals surface area contributed by atoms with E-state index in [4.69, 9.17) is 9.47 Å². The van der Waals surface area contributed by atoms with E-state index in [9.17, 15) is 18.0 Å². The van der Waals surface area contributed by atoms with E-state index in [1.165, 1.54) is 37.3 Å². The molecule has 3 aromatic rings. The van der Waals surface area contributed by atoms with Crippen molar-refractivity contribution >= 4 is 27.5 Å². The zero-order valence-electron chi connectivity index (χ0n) is 25.4. The number of nitrogens with zero attached hydrogens (tertiary/aromatic N) is 2. The predicted octanol–water partition coefficient (Wildman–Crippen LogP) is 4.85. The molecule has 0 spiro atoms. The van der Waals surface area contributed by atoms with E-state index in [2.05, 4.69) is 5.32 Å². The summed E-state index contributed by atoms with van der Waals surface area (Å²) in [4.78, 5) is 28.6. The second-order valence-electron chi connectivity index (χ2n) is 10.4. The normalized spacial score (nSPS) is 12.6. The molecule has 0 fully saturated rings. The molecule has 42 heavy (non-hydrogen) atoms. The lowest BCUT2D eigenvalue weighted by Crippen LogP contribution is -2.52. The first-order valence-electron chi connectivity index (χ1n) is 13.9. The summed E-state index contributed by atoms with van der Waals surface area (Å²) in [5.41, 5.74) is 3.09. The van der Waals surface area contributed by atoms with Gasteiger partial charge in [0.15, 0.2) is 11.5 Å². The summed E-state index contributed by atoms with van der Waals surface area (Å²) in [7, 11) is -1.37. The van der Waals surface area contributed by atoms with Gasteiger partial charge in [-0.25, -0.2) is 8.42 Å². The van der Waals surface area contributed by atoms with E-state index in [0.717, 1.165) is 27.4 Å². The van der Waals surface area contributed by atoms with Gasteiger partial charge in [0.2, 0.25) is 11.8 Å². The number of hydrogen-bond acceptors (Lipinski definition) is 6. The van der Waals surface area contributed by atoms with Crippen LogP contribution >= 0.6 is 0 Å². The Kier molecular flexibility index (Phi) is 11.0. The molecule has 0 radical (unpaired) electrons. The smallest absolute Gasteiger partial charge is 0.264 e. The highest BCUT2D eigenvalue weighted by molar-refractivity contribution is 7.92. The van der Waals surface area contributed by atoms with Crippen LogP contribution in [-0.4, -0.2) is 58.0 Å². The van der Waals surface area contributed by atoms with Crippen LogP contribution in [0.3, 0.4) is 0 Å². The van der Waals surface area contributed by atoms with Gasteiger partial charge in [-0.1, -0.05) is 54.4 Å². The molecule has 1 N–H and O–H groups in total. The van der Waals surface area contributed by atoms with Gasteiger partial charge in [0, 0.05) is 18.7 Å². The Hall–Kier alpha value is -4.05. The lowest BCUT2D eigenvalue weighted by Gasteiger charge is -2.32. The lowest BCUT2D eigenvalue weighted by atomic mass is 10.1. The number of anilines is 1. The Labute approximate surface area is 249 Å². The Balaban J connectivity index is 2.06. The number of rotatable bonds is 13. The standard InChI is InChI=1S/C32H41N3O6S/c1-8-24(4)33-32(37)25(5)34(20-26-11-9-10-23(3)18-26)31(36)21-35(27-14-12-22(2)13-15-27)42(38,39)28-16-17-29(40-6)30(19-28)41-7/h9-19,24-25H,8,20-21H2,1-7H3,(H,33,37)/t24-,25+/m0/s1. The summed E-state index contributed by atoms with van der Waals surface area (Å²) in [6.07, 6.45) is 0.731. The monoisotopic (exact) mass is 595 g/mol. The third kappa shape index (κ3) is 7.82. The van der Waals surface area contributed by atoms with Crippen molar-refractivity contribution in [1.82, 2.24) is 10.2 Å². The first-order valence-corrected chi connectivity index (χ1v) is 15.3. The van der Waals surface area contributed by atoms with Gasteiger partial charge >= 0.3 is 0 Å². The number of aryl methyl sites for hydroxylation is 2. The minimum atomic E-state index is -4.25. The van der Waals surface area contributed by atoms with E-state index < -0.39 is 28.5 Å². The summed E-state index contributed by atoms with van der Waals surface area (Å²) in [5.74, 6) is -0.215. The fraction of sp³-hybridized carbons (Fsp3) is 0.375. The van der Waals surface area contributed by atoms with Gasteiger partial charge in [0.1, 0.15) is 12.6 Å². The Morgan fingerprint density at radius 1 is 0.881 bits per heavy atom. The largest absolute Gasteiger partial charge is 0.493 e. The molecule has 0 aliphatic carbocycles. The fourth-order valence-electron chi connectivity index (χ4n) is 4.40. The highest BCUT2D eigenvalue weighted by Gasteiger charge is 2.33. The molecule has 0 aliphatic rings. The maximum Gasteiger partial charge on any atom is 0.264 e. The van der Waals surface area contributed by atoms with Crippen molar-refractivity contribution in [2.45, 2.75) is 64.6 Å². The van der Waals surface area contributed by atoms with Gasteiger partial charge in [-0.05, 0) is 63.9 Å². The maximum atomic E-state index is 14.1. The zero-order valence-corrected chi connectivity index (χ0v) is 26.2. The van der Waals surface area contributed by atoms with Gasteiger partial charge in [0.25, 0.3) is 10.0 Å². The van der Waals surface area contributed by atoms with Crippen molar-refractivity contribution in [3.63, 3.8) is 0 Å². The highest BCUT2D eigenvalue weighted by atomic mass is 32.2. The number of sulfonamides is 1. The number of ether oxygens (including phenoxy) is 2. The molecule has 0 unspecified atom stereocenters. The topological polar surface area (TPSA) is 105 Å². The number of nitrogens with one attached hydrogen (secondary N) is 1. The van der Waals surface area contributed by atoms with Crippen LogP contribution in [0.4, 0.5) is 5.69 Å². The van der Waals surface area contributed by atoms with Gasteiger partial charge in [-0.15, -0.1) is 0 Å². The highest BCUT2D eigenvalue weighted by Crippen LogP contribution is 2.32. The first kappa shape index (κ1) is 32.5. The Morgan fingerprint density at radius 3 is 2.14 bits per heavy atom. The number of carbonyl (C=O) groups is 2. The zero-order chi connectivity index (χ0) is 31.0. The first-order chi connectivity index (χ1) is 19.9. The van der Waals surface area contributed by atoms with Crippen molar-refractivity contribution in [3.05, 3.63) is 83.4 Å². The van der Waals surface area contributed by atoms with E-state index >= 15 is 0 Å². The SMILES string of the molecule is CC[C@H](C)NC(=O)[C@@H](C)N(Cc1cccc(C)c1)C(=O)CN(c1ccc(C)cc1)S(=O)(=O)c1ccc(OC)c(OC)c1. The molecule has 0 saturated heterocycles. The number of hydrogen-bond donors (Lipinski definition) is 1. The van der Waals surface area contributed by atoms with Gasteiger partial charge in [0.05, 0.1) is 24.8 Å². The van der Waals surface area contributed by atoms with Crippen LogP contribution in [0.5, 0.6) is 11.5 Å². The second kappa shape index (κ2) is 14.2. The molecule has 2 atom stereocenters. The van der Waals surface area contributed by atoms with Crippen molar-refractivity contribution in [2.75, 3.05) is 25.1 Å². The van der Waals surface area contributed by atoms with Crippen molar-refractivity contribution in [1.29, 1.82) is 0 Å². The van der Waals surface area contributed by atoms with Crippen LogP contribution in [0, 0.1) is 13.8 Å². The summed E-state index contributed by atoms with van der Waals surface area (Å²) < 4.78 is 39.9. The number of methoxy groups -OCH3 is 2. The molecule has 226 valence electrons. The average Bonchev–Trinajstić information content (AvgIpc) is 2.98. The molecule has 9 nitrogen and oxygen atoms in total. The van der Waals surface area contributed by atoms with E-state index in [1.54, 1.807) is 31.2 Å². The van der Waals surface area contributed by atoms with E-state index in [0.29, 0.717) is 11.4 Å². The lowest BCUT2D eigenvalue weighted by molar-refractivity contribution is -0.139. The quantitative estimate of drug-likeness (QED) is 0.303. The minimum absolute atomic E-state index is 0.0682. The van der Waals surface area contributed by atoms with Crippen molar-refractivity contribution in [2.24, 2.45) is 0 Å². The molecular formula is C32H41N3O6S. The van der Waals surface area contributed by atoms with Crippen LogP contribution in [0.25, 0.3) is 0 Å². The van der Waals surface area contributed by atoms with Gasteiger partial charge in [-0.2, -0.15) is 0 Å². The maximum absolute atomic E-state index is 14.1. The van der Waals surface area contributed by atoms with E-state index in [-0.39, 0.29) is 29.1 Å². The van der Waals surface area contributed by atoms with Gasteiger partial charge < -0.3 is 19.7 Å². The van der Waals surface area contributed by atoms with E-state index in [1.807, 2.05) is 52.0 Å². The Bertz CT molecular complexity index is 1490. The molecule has 2 amide bonds. The van der Waals surface area contributed by atoms with Crippen LogP contribution in [0.2, 0.25) is 0 Å². The molecule has 0 aliphatic heterocycles. The Morgan fingerprint density at radius 2 is 1.55 bits per heavy atom. The third-order valence-corrected chi connectivity index (χ3v) is 8.92. The van der Waals surface area contributed by atoms with Crippen LogP contribution in [0.15, 0.2) is 71.6 Å².